The average molecular weight is 506 g/mol. The second-order valence-electron chi connectivity index (χ2n) is 12.3. The van der Waals surface area contributed by atoms with Crippen molar-refractivity contribution >= 4 is 29.5 Å². The van der Waals surface area contributed by atoms with Crippen LogP contribution in [0.4, 0.5) is 4.39 Å². The molecule has 0 heterocycles. The van der Waals surface area contributed by atoms with Gasteiger partial charge in [0, 0.05) is 11.3 Å². The van der Waals surface area contributed by atoms with Crippen LogP contribution in [0.1, 0.15) is 97.3 Å². The van der Waals surface area contributed by atoms with Gasteiger partial charge >= 0.3 is 0 Å². The van der Waals surface area contributed by atoms with Gasteiger partial charge in [-0.25, -0.2) is 4.39 Å². The van der Waals surface area contributed by atoms with E-state index in [1.807, 2.05) is 0 Å². The van der Waals surface area contributed by atoms with Gasteiger partial charge in [0.1, 0.15) is 5.82 Å². The van der Waals surface area contributed by atoms with Gasteiger partial charge < -0.3 is 0 Å². The van der Waals surface area contributed by atoms with Crippen molar-refractivity contribution in [3.63, 3.8) is 0 Å². The molecule has 0 spiro atoms. The normalized spacial score (nSPS) is 39.1. The fraction of sp³-hybridized carbons (Fsp3) is 0.759. The highest BCUT2D eigenvalue weighted by atomic mass is 35.5. The van der Waals surface area contributed by atoms with Crippen LogP contribution in [0.5, 0.6) is 0 Å². The second-order valence-corrected chi connectivity index (χ2v) is 13.6. The number of hydrogen-bond acceptors (Lipinski definition) is 2. The summed E-state index contributed by atoms with van der Waals surface area (Å²) in [4.78, 5) is 13.1. The van der Waals surface area contributed by atoms with Crippen LogP contribution in [-0.2, 0) is 4.79 Å². The summed E-state index contributed by atoms with van der Waals surface area (Å²) in [5.74, 6) is 4.25. The summed E-state index contributed by atoms with van der Waals surface area (Å²) < 4.78 is 16.1. The van der Waals surface area contributed by atoms with Crippen LogP contribution < -0.4 is 4.72 Å². The molecule has 0 aliphatic heterocycles. The van der Waals surface area contributed by atoms with Crippen molar-refractivity contribution in [2.24, 2.45) is 40.4 Å². The van der Waals surface area contributed by atoms with Crippen LogP contribution >= 0.6 is 23.5 Å². The molecule has 4 aliphatic rings. The lowest BCUT2D eigenvalue weighted by Crippen LogP contribution is -2.52. The third-order valence-electron chi connectivity index (χ3n) is 10.9. The summed E-state index contributed by atoms with van der Waals surface area (Å²) >= 11 is 7.25. The molecule has 0 radical (unpaired) electrons. The van der Waals surface area contributed by atoms with E-state index in [1.165, 1.54) is 94.7 Å². The summed E-state index contributed by atoms with van der Waals surface area (Å²) in [5.41, 5.74) is 1.09. The molecule has 188 valence electrons. The van der Waals surface area contributed by atoms with Crippen molar-refractivity contribution in [2.45, 2.75) is 102 Å². The first-order valence-corrected chi connectivity index (χ1v) is 14.9. The number of carbonyl (C=O) groups is 1. The van der Waals surface area contributed by atoms with E-state index < -0.39 is 0 Å². The maximum atomic E-state index is 13.2. The summed E-state index contributed by atoms with van der Waals surface area (Å²) in [6, 6.07) is 4.26. The van der Waals surface area contributed by atoms with Crippen molar-refractivity contribution in [3.05, 3.63) is 29.0 Å². The van der Waals surface area contributed by atoms with Gasteiger partial charge in [-0.15, -0.1) is 0 Å². The zero-order valence-corrected chi connectivity index (χ0v) is 22.5. The van der Waals surface area contributed by atoms with Crippen LogP contribution in [0.2, 0.25) is 5.02 Å². The maximum absolute atomic E-state index is 13.2. The van der Waals surface area contributed by atoms with Crippen molar-refractivity contribution in [1.82, 2.24) is 4.72 Å². The SMILES string of the molecule is CC12CCCCC1CCC1C2CCC2(C)C(CCCC(=O)NSc3ccc(F)cc3Cl)CCC12. The Morgan fingerprint density at radius 1 is 1.06 bits per heavy atom. The standard InChI is InChI=1S/C29H41ClFNOS/c1-28-16-4-3-6-19(28)9-12-22-23-13-10-20(29(23,2)17-15-24(22)28)7-5-8-27(33)32-34-26-14-11-21(31)18-25(26)30/h11,14,18-20,22-24H,3-10,12-13,15-17H2,1-2H3,(H,32,33). The molecule has 4 saturated carbocycles. The topological polar surface area (TPSA) is 29.1 Å². The van der Waals surface area contributed by atoms with Crippen LogP contribution in [0.15, 0.2) is 23.1 Å². The van der Waals surface area contributed by atoms with E-state index in [0.717, 1.165) is 36.0 Å². The molecular weight excluding hydrogens is 465 g/mol. The van der Waals surface area contributed by atoms with E-state index >= 15 is 0 Å². The Bertz CT molecular complexity index is 910. The minimum atomic E-state index is -0.362. The zero-order valence-electron chi connectivity index (χ0n) is 20.9. The fourth-order valence-corrected chi connectivity index (χ4v) is 10.0. The molecule has 5 rings (SSSR count). The van der Waals surface area contributed by atoms with E-state index in [0.29, 0.717) is 27.2 Å². The molecule has 0 saturated heterocycles. The van der Waals surface area contributed by atoms with Crippen molar-refractivity contribution in [1.29, 1.82) is 0 Å². The molecule has 1 N–H and O–H groups in total. The molecule has 1 amide bonds. The van der Waals surface area contributed by atoms with E-state index in [9.17, 15) is 9.18 Å². The molecule has 7 unspecified atom stereocenters. The highest BCUT2D eigenvalue weighted by Crippen LogP contribution is 2.67. The first kappa shape index (κ1) is 24.9. The van der Waals surface area contributed by atoms with Gasteiger partial charge in [0.2, 0.25) is 5.91 Å². The summed E-state index contributed by atoms with van der Waals surface area (Å²) in [7, 11) is 0. The molecule has 1 aromatic rings. The highest BCUT2D eigenvalue weighted by Gasteiger charge is 2.59. The summed E-state index contributed by atoms with van der Waals surface area (Å²) in [6.07, 6.45) is 17.1. The smallest absolute Gasteiger partial charge is 0.230 e. The lowest BCUT2D eigenvalue weighted by atomic mass is 9.45. The van der Waals surface area contributed by atoms with Gasteiger partial charge in [0.05, 0.1) is 5.02 Å². The minimum absolute atomic E-state index is 0.0392. The van der Waals surface area contributed by atoms with Crippen LogP contribution in [0, 0.1) is 46.2 Å². The minimum Gasteiger partial charge on any atom is -0.296 e. The van der Waals surface area contributed by atoms with E-state index in [1.54, 1.807) is 6.07 Å². The van der Waals surface area contributed by atoms with Crippen LogP contribution in [-0.4, -0.2) is 5.91 Å². The van der Waals surface area contributed by atoms with Gasteiger partial charge in [0.25, 0.3) is 0 Å². The first-order chi connectivity index (χ1) is 16.3. The number of fused-ring (bicyclic) bond motifs is 5. The molecule has 0 aromatic heterocycles. The maximum Gasteiger partial charge on any atom is 0.230 e. The number of carbonyl (C=O) groups excluding carboxylic acids is 1. The number of halogens is 2. The molecular formula is C29H41ClFNOS. The monoisotopic (exact) mass is 505 g/mol. The van der Waals surface area contributed by atoms with Gasteiger partial charge in [-0.05, 0) is 135 Å². The van der Waals surface area contributed by atoms with Gasteiger partial charge in [-0.2, -0.15) is 0 Å². The van der Waals surface area contributed by atoms with Gasteiger partial charge in [-0.1, -0.05) is 38.3 Å². The third kappa shape index (κ3) is 4.56. The zero-order chi connectivity index (χ0) is 23.9. The Balaban J connectivity index is 1.13. The van der Waals surface area contributed by atoms with Crippen LogP contribution in [0.3, 0.4) is 0 Å². The largest absolute Gasteiger partial charge is 0.296 e. The first-order valence-electron chi connectivity index (χ1n) is 13.7. The predicted molar refractivity (Wildman–Crippen MR) is 139 cm³/mol. The lowest BCUT2D eigenvalue weighted by Gasteiger charge is -2.60. The predicted octanol–water partition coefficient (Wildman–Crippen LogP) is 8.82. The Hall–Kier alpha value is -0.740. The van der Waals surface area contributed by atoms with Crippen molar-refractivity contribution in [2.75, 3.05) is 0 Å². The quantitative estimate of drug-likeness (QED) is 0.391. The number of amides is 1. The van der Waals surface area contributed by atoms with Crippen molar-refractivity contribution < 1.29 is 9.18 Å². The summed E-state index contributed by atoms with van der Waals surface area (Å²) in [5, 5.41) is 0.335. The Morgan fingerprint density at radius 3 is 2.71 bits per heavy atom. The lowest BCUT2D eigenvalue weighted by molar-refractivity contribution is -0.119. The molecule has 4 fully saturated rings. The average Bonchev–Trinajstić information content (AvgIpc) is 3.14. The molecule has 0 bridgehead atoms. The molecule has 1 aromatic carbocycles. The number of nitrogens with one attached hydrogen (secondary N) is 1. The summed E-state index contributed by atoms with van der Waals surface area (Å²) in [6.45, 7) is 5.27. The molecule has 2 nitrogen and oxygen atoms in total. The number of hydrogen-bond donors (Lipinski definition) is 1. The van der Waals surface area contributed by atoms with Crippen molar-refractivity contribution in [3.8, 4) is 0 Å². The second kappa shape index (κ2) is 9.96. The number of rotatable bonds is 6. The Labute approximate surface area is 214 Å². The Morgan fingerprint density at radius 2 is 1.88 bits per heavy atom. The fourth-order valence-electron chi connectivity index (χ4n) is 9.11. The molecule has 7 atom stereocenters. The molecule has 5 heteroatoms. The highest BCUT2D eigenvalue weighted by molar-refractivity contribution is 7.98. The molecule has 34 heavy (non-hydrogen) atoms. The van der Waals surface area contributed by atoms with Gasteiger partial charge in [-0.3, -0.25) is 9.52 Å². The third-order valence-corrected chi connectivity index (χ3v) is 12.2. The Kier molecular flexibility index (Phi) is 7.30. The van der Waals surface area contributed by atoms with Crippen LogP contribution in [0.25, 0.3) is 0 Å². The molecule has 4 aliphatic carbocycles. The van der Waals surface area contributed by atoms with E-state index in [4.69, 9.17) is 11.6 Å². The van der Waals surface area contributed by atoms with Gasteiger partial charge in [0.15, 0.2) is 0 Å². The van der Waals surface area contributed by atoms with E-state index in [2.05, 4.69) is 18.6 Å². The van der Waals surface area contributed by atoms with E-state index in [-0.39, 0.29) is 11.7 Å². The number of benzene rings is 1.